The van der Waals surface area contributed by atoms with Gasteiger partial charge in [0.05, 0.1) is 12.1 Å². The molecule has 17 heavy (non-hydrogen) atoms. The van der Waals surface area contributed by atoms with Crippen molar-refractivity contribution in [2.45, 2.75) is 0 Å². The highest BCUT2D eigenvalue weighted by Crippen LogP contribution is 2.31. The molecule has 1 aromatic carbocycles. The lowest BCUT2D eigenvalue weighted by atomic mass is 10.2. The Kier molecular flexibility index (Phi) is 3.31. The zero-order chi connectivity index (χ0) is 12.4. The summed E-state index contributed by atoms with van der Waals surface area (Å²) in [7, 11) is 1.53. The van der Waals surface area contributed by atoms with Gasteiger partial charge in [0.1, 0.15) is 10.8 Å². The third kappa shape index (κ3) is 2.40. The fourth-order valence-electron chi connectivity index (χ4n) is 1.30. The van der Waals surface area contributed by atoms with Gasteiger partial charge in [-0.25, -0.2) is 9.78 Å². The van der Waals surface area contributed by atoms with Crippen LogP contribution in [0.25, 0.3) is 10.6 Å². The summed E-state index contributed by atoms with van der Waals surface area (Å²) in [5.41, 5.74) is 0.810. The summed E-state index contributed by atoms with van der Waals surface area (Å²) in [6.07, 6.45) is 0. The molecular formula is C11H8ClNO3S. The smallest absolute Gasteiger partial charge is 0.355 e. The number of carboxylic acids is 1. The monoisotopic (exact) mass is 269 g/mol. The number of aromatic nitrogens is 1. The number of thiazole rings is 1. The maximum Gasteiger partial charge on any atom is 0.355 e. The van der Waals surface area contributed by atoms with E-state index in [1.54, 1.807) is 18.2 Å². The standard InChI is InChI=1S/C11H8ClNO3S/c1-16-9-3-2-6(4-7(9)12)10-13-8(5-17-10)11(14)15/h2-5H,1H3,(H,14,15). The molecule has 0 bridgehead atoms. The summed E-state index contributed by atoms with van der Waals surface area (Å²) in [6, 6.07) is 5.21. The molecular weight excluding hydrogens is 262 g/mol. The molecule has 0 aliphatic rings. The first kappa shape index (κ1) is 11.9. The molecule has 0 atom stereocenters. The highest BCUT2D eigenvalue weighted by atomic mass is 35.5. The molecule has 0 amide bonds. The van der Waals surface area contributed by atoms with E-state index >= 15 is 0 Å². The zero-order valence-corrected chi connectivity index (χ0v) is 10.4. The summed E-state index contributed by atoms with van der Waals surface area (Å²) < 4.78 is 5.04. The molecule has 1 aromatic heterocycles. The quantitative estimate of drug-likeness (QED) is 0.930. The van der Waals surface area contributed by atoms with E-state index in [-0.39, 0.29) is 5.69 Å². The van der Waals surface area contributed by atoms with Crippen LogP contribution >= 0.6 is 22.9 Å². The van der Waals surface area contributed by atoms with Crippen molar-refractivity contribution in [2.24, 2.45) is 0 Å². The van der Waals surface area contributed by atoms with Crippen LogP contribution in [0.3, 0.4) is 0 Å². The predicted molar refractivity (Wildman–Crippen MR) is 66.1 cm³/mol. The van der Waals surface area contributed by atoms with E-state index in [2.05, 4.69) is 4.98 Å². The number of methoxy groups -OCH3 is 1. The Bertz CT molecular complexity index is 568. The Balaban J connectivity index is 2.39. The van der Waals surface area contributed by atoms with Crippen LogP contribution in [-0.4, -0.2) is 23.2 Å². The molecule has 6 heteroatoms. The van der Waals surface area contributed by atoms with Crippen LogP contribution in [0.5, 0.6) is 5.75 Å². The lowest BCUT2D eigenvalue weighted by molar-refractivity contribution is 0.0691. The van der Waals surface area contributed by atoms with Gasteiger partial charge in [0.15, 0.2) is 5.69 Å². The summed E-state index contributed by atoms with van der Waals surface area (Å²) in [5, 5.41) is 11.4. The van der Waals surface area contributed by atoms with Gasteiger partial charge in [-0.2, -0.15) is 0 Å². The number of hydrogen-bond acceptors (Lipinski definition) is 4. The van der Waals surface area contributed by atoms with Gasteiger partial charge in [-0.3, -0.25) is 0 Å². The minimum Gasteiger partial charge on any atom is -0.495 e. The minimum atomic E-state index is -1.04. The van der Waals surface area contributed by atoms with Gasteiger partial charge in [0.25, 0.3) is 0 Å². The molecule has 0 aliphatic carbocycles. The van der Waals surface area contributed by atoms with Crippen molar-refractivity contribution < 1.29 is 14.6 Å². The average Bonchev–Trinajstić information content (AvgIpc) is 2.78. The first-order valence-corrected chi connectivity index (χ1v) is 5.90. The van der Waals surface area contributed by atoms with Crippen molar-refractivity contribution in [1.29, 1.82) is 0 Å². The molecule has 0 aliphatic heterocycles. The molecule has 0 spiro atoms. The largest absolute Gasteiger partial charge is 0.495 e. The third-order valence-electron chi connectivity index (χ3n) is 2.12. The lowest BCUT2D eigenvalue weighted by Crippen LogP contribution is -1.95. The number of carboxylic acid groups (broad SMARTS) is 1. The van der Waals surface area contributed by atoms with E-state index in [9.17, 15) is 4.79 Å². The summed E-state index contributed by atoms with van der Waals surface area (Å²) in [4.78, 5) is 14.7. The molecule has 0 saturated carbocycles. The first-order valence-electron chi connectivity index (χ1n) is 4.64. The summed E-state index contributed by atoms with van der Waals surface area (Å²) >= 11 is 7.25. The number of carbonyl (C=O) groups is 1. The van der Waals surface area contributed by atoms with Gasteiger partial charge in [0.2, 0.25) is 0 Å². The molecule has 0 radical (unpaired) electrons. The second-order valence-electron chi connectivity index (χ2n) is 3.19. The number of rotatable bonds is 3. The van der Waals surface area contributed by atoms with Gasteiger partial charge in [-0.15, -0.1) is 11.3 Å². The molecule has 88 valence electrons. The van der Waals surface area contributed by atoms with Crippen molar-refractivity contribution in [2.75, 3.05) is 7.11 Å². The molecule has 0 unspecified atom stereocenters. The van der Waals surface area contributed by atoms with Gasteiger partial charge >= 0.3 is 5.97 Å². The van der Waals surface area contributed by atoms with Crippen LogP contribution < -0.4 is 4.74 Å². The molecule has 2 rings (SSSR count). The fourth-order valence-corrected chi connectivity index (χ4v) is 2.35. The first-order chi connectivity index (χ1) is 8.11. The molecule has 0 fully saturated rings. The van der Waals surface area contributed by atoms with Crippen molar-refractivity contribution >= 4 is 28.9 Å². The van der Waals surface area contributed by atoms with Crippen molar-refractivity contribution in [1.82, 2.24) is 4.98 Å². The Morgan fingerprint density at radius 2 is 2.29 bits per heavy atom. The van der Waals surface area contributed by atoms with E-state index in [0.717, 1.165) is 5.56 Å². The van der Waals surface area contributed by atoms with Crippen LogP contribution in [0, 0.1) is 0 Å². The number of halogens is 1. The third-order valence-corrected chi connectivity index (χ3v) is 3.31. The van der Waals surface area contributed by atoms with E-state index in [0.29, 0.717) is 15.8 Å². The Labute approximate surface area is 106 Å². The molecule has 4 nitrogen and oxygen atoms in total. The molecule has 1 heterocycles. The van der Waals surface area contributed by atoms with E-state index in [4.69, 9.17) is 21.4 Å². The SMILES string of the molecule is COc1ccc(-c2nc(C(=O)O)cs2)cc1Cl. The van der Waals surface area contributed by atoms with Crippen LogP contribution in [0.15, 0.2) is 23.6 Å². The normalized spacial score (nSPS) is 10.2. The number of ether oxygens (including phenoxy) is 1. The van der Waals surface area contributed by atoms with E-state index < -0.39 is 5.97 Å². The molecule has 0 saturated heterocycles. The lowest BCUT2D eigenvalue weighted by Gasteiger charge is -2.03. The Morgan fingerprint density at radius 3 is 2.82 bits per heavy atom. The Hall–Kier alpha value is -1.59. The number of benzene rings is 1. The van der Waals surface area contributed by atoms with E-state index in [1.165, 1.54) is 23.8 Å². The molecule has 2 aromatic rings. The van der Waals surface area contributed by atoms with Crippen molar-refractivity contribution in [3.63, 3.8) is 0 Å². The van der Waals surface area contributed by atoms with Crippen molar-refractivity contribution in [3.05, 3.63) is 34.3 Å². The van der Waals surface area contributed by atoms with Crippen molar-refractivity contribution in [3.8, 4) is 16.3 Å². The van der Waals surface area contributed by atoms with Crippen LogP contribution in [-0.2, 0) is 0 Å². The van der Waals surface area contributed by atoms with Crippen LogP contribution in [0.2, 0.25) is 5.02 Å². The maximum atomic E-state index is 10.7. The zero-order valence-electron chi connectivity index (χ0n) is 8.81. The van der Waals surface area contributed by atoms with Gasteiger partial charge in [-0.1, -0.05) is 11.6 Å². The van der Waals surface area contributed by atoms with E-state index in [1.807, 2.05) is 0 Å². The predicted octanol–water partition coefficient (Wildman–Crippen LogP) is 3.17. The minimum absolute atomic E-state index is 0.0388. The number of hydrogen-bond donors (Lipinski definition) is 1. The number of aromatic carboxylic acids is 1. The summed E-state index contributed by atoms with van der Waals surface area (Å²) in [6.45, 7) is 0. The van der Waals surface area contributed by atoms with Crippen LogP contribution in [0.4, 0.5) is 0 Å². The Morgan fingerprint density at radius 1 is 1.53 bits per heavy atom. The topological polar surface area (TPSA) is 59.4 Å². The highest BCUT2D eigenvalue weighted by Gasteiger charge is 2.11. The van der Waals surface area contributed by atoms with Gasteiger partial charge in [0, 0.05) is 10.9 Å². The van der Waals surface area contributed by atoms with Gasteiger partial charge < -0.3 is 9.84 Å². The highest BCUT2D eigenvalue weighted by molar-refractivity contribution is 7.13. The van der Waals surface area contributed by atoms with Gasteiger partial charge in [-0.05, 0) is 18.2 Å². The fraction of sp³-hybridized carbons (Fsp3) is 0.0909. The van der Waals surface area contributed by atoms with Crippen LogP contribution in [0.1, 0.15) is 10.5 Å². The maximum absolute atomic E-state index is 10.7. The second kappa shape index (κ2) is 4.73. The number of nitrogens with zero attached hydrogens (tertiary/aromatic N) is 1. The average molecular weight is 270 g/mol. The summed E-state index contributed by atoms with van der Waals surface area (Å²) in [5.74, 6) is -0.461. The molecule has 1 N–H and O–H groups in total. The second-order valence-corrected chi connectivity index (χ2v) is 4.46.